The lowest BCUT2D eigenvalue weighted by Crippen LogP contribution is -2.42. The predicted molar refractivity (Wildman–Crippen MR) is 62.0 cm³/mol. The van der Waals surface area contributed by atoms with E-state index in [0.29, 0.717) is 5.69 Å². The summed E-state index contributed by atoms with van der Waals surface area (Å²) in [6.07, 6.45) is 0. The highest BCUT2D eigenvalue weighted by Gasteiger charge is 2.15. The fourth-order valence-electron chi connectivity index (χ4n) is 1.36. The first kappa shape index (κ1) is 13.4. The molecular weight excluding hydrogens is 224 g/mol. The molecule has 1 heterocycles. The molecule has 1 unspecified atom stereocenters. The van der Waals surface area contributed by atoms with Crippen LogP contribution in [0.1, 0.15) is 16.1 Å². The largest absolute Gasteiger partial charge is 0.394 e. The van der Waals surface area contributed by atoms with Crippen molar-refractivity contribution >= 4 is 5.91 Å². The highest BCUT2D eigenvalue weighted by molar-refractivity contribution is 5.94. The summed E-state index contributed by atoms with van der Waals surface area (Å²) in [6, 6.07) is 2.57. The summed E-state index contributed by atoms with van der Waals surface area (Å²) in [5.41, 5.74) is 0.254. The number of hydrogen-bond acceptors (Lipinski definition) is 4. The normalized spacial score (nSPS) is 12.2. The number of pyridine rings is 1. The number of ether oxygens (including phenoxy) is 1. The van der Waals surface area contributed by atoms with Crippen LogP contribution in [0, 0.1) is 6.92 Å². The Morgan fingerprint density at radius 2 is 2.29 bits per heavy atom. The van der Waals surface area contributed by atoms with Crippen molar-refractivity contribution in [2.75, 3.05) is 20.3 Å². The lowest BCUT2D eigenvalue weighted by molar-refractivity contribution is 0.0838. The smallest absolute Gasteiger partial charge is 0.260 e. The molecule has 0 aliphatic carbocycles. The van der Waals surface area contributed by atoms with Crippen molar-refractivity contribution in [3.8, 4) is 0 Å². The standard InChI is InChI=1S/C11H16N2O4/c1-7-3-4-9(10(15)12-7)11(16)13-8(5-14)6-17-2/h3-4,8,14H,5-6H2,1-2H3,(H,12,15)(H,13,16). The zero-order valence-electron chi connectivity index (χ0n) is 9.82. The van der Waals surface area contributed by atoms with Gasteiger partial charge in [0, 0.05) is 12.8 Å². The van der Waals surface area contributed by atoms with Crippen LogP contribution in [-0.4, -0.2) is 42.4 Å². The number of hydrogen-bond donors (Lipinski definition) is 3. The van der Waals surface area contributed by atoms with Crippen molar-refractivity contribution < 1.29 is 14.6 Å². The van der Waals surface area contributed by atoms with Crippen LogP contribution < -0.4 is 10.9 Å². The van der Waals surface area contributed by atoms with Crippen LogP contribution in [0.4, 0.5) is 0 Å². The molecule has 94 valence electrons. The first-order chi connectivity index (χ1) is 8.08. The van der Waals surface area contributed by atoms with Crippen molar-refractivity contribution in [2.24, 2.45) is 0 Å². The van der Waals surface area contributed by atoms with E-state index in [1.165, 1.54) is 13.2 Å². The number of aromatic nitrogens is 1. The lowest BCUT2D eigenvalue weighted by Gasteiger charge is -2.14. The van der Waals surface area contributed by atoms with Gasteiger partial charge in [-0.1, -0.05) is 0 Å². The Balaban J connectivity index is 2.79. The fraction of sp³-hybridized carbons (Fsp3) is 0.455. The number of aryl methyl sites for hydroxylation is 1. The molecule has 1 aromatic heterocycles. The van der Waals surface area contributed by atoms with Crippen LogP contribution in [0.25, 0.3) is 0 Å². The Labute approximate surface area is 98.6 Å². The van der Waals surface area contributed by atoms with Crippen LogP contribution in [0.5, 0.6) is 0 Å². The first-order valence-corrected chi connectivity index (χ1v) is 5.19. The average Bonchev–Trinajstić information content (AvgIpc) is 2.28. The van der Waals surface area contributed by atoms with Gasteiger partial charge in [-0.15, -0.1) is 0 Å². The number of nitrogens with one attached hydrogen (secondary N) is 2. The van der Waals surface area contributed by atoms with Gasteiger partial charge in [-0.3, -0.25) is 9.59 Å². The van der Waals surface area contributed by atoms with Gasteiger partial charge >= 0.3 is 0 Å². The number of rotatable bonds is 5. The summed E-state index contributed by atoms with van der Waals surface area (Å²) in [6.45, 7) is 1.67. The number of amides is 1. The monoisotopic (exact) mass is 240 g/mol. The predicted octanol–water partition coefficient (Wildman–Crippen LogP) is -0.580. The molecular formula is C11H16N2O4. The summed E-state index contributed by atoms with van der Waals surface area (Å²) < 4.78 is 4.82. The molecule has 0 aliphatic heterocycles. The number of H-pyrrole nitrogens is 1. The molecule has 1 rings (SSSR count). The number of aliphatic hydroxyl groups excluding tert-OH is 1. The van der Waals surface area contributed by atoms with Crippen molar-refractivity contribution in [1.29, 1.82) is 0 Å². The van der Waals surface area contributed by atoms with Gasteiger partial charge in [-0.05, 0) is 19.1 Å². The van der Waals surface area contributed by atoms with Crippen molar-refractivity contribution in [2.45, 2.75) is 13.0 Å². The Kier molecular flexibility index (Phi) is 4.86. The Bertz CT molecular complexity index is 441. The highest BCUT2D eigenvalue weighted by atomic mass is 16.5. The third kappa shape index (κ3) is 3.69. The summed E-state index contributed by atoms with van der Waals surface area (Å²) in [5.74, 6) is -0.526. The van der Waals surface area contributed by atoms with E-state index >= 15 is 0 Å². The molecule has 3 N–H and O–H groups in total. The fourth-order valence-corrected chi connectivity index (χ4v) is 1.36. The molecule has 6 nitrogen and oxygen atoms in total. The minimum Gasteiger partial charge on any atom is -0.394 e. The van der Waals surface area contributed by atoms with E-state index in [2.05, 4.69) is 10.3 Å². The van der Waals surface area contributed by atoms with Crippen LogP contribution in [0.15, 0.2) is 16.9 Å². The summed E-state index contributed by atoms with van der Waals surface area (Å²) >= 11 is 0. The third-order valence-corrected chi connectivity index (χ3v) is 2.22. The summed E-state index contributed by atoms with van der Waals surface area (Å²) in [5, 5.41) is 11.5. The molecule has 1 atom stereocenters. The van der Waals surface area contributed by atoms with Gasteiger partial charge in [-0.2, -0.15) is 0 Å². The zero-order chi connectivity index (χ0) is 12.8. The van der Waals surface area contributed by atoms with Crippen molar-refractivity contribution in [3.63, 3.8) is 0 Å². The number of carbonyl (C=O) groups excluding carboxylic acids is 1. The minimum absolute atomic E-state index is 0.0187. The van der Waals surface area contributed by atoms with Gasteiger partial charge in [0.05, 0.1) is 19.3 Å². The van der Waals surface area contributed by atoms with E-state index in [-0.39, 0.29) is 18.8 Å². The maximum Gasteiger partial charge on any atom is 0.260 e. The van der Waals surface area contributed by atoms with E-state index in [4.69, 9.17) is 9.84 Å². The second-order valence-corrected chi connectivity index (χ2v) is 3.69. The average molecular weight is 240 g/mol. The topological polar surface area (TPSA) is 91.4 Å². The lowest BCUT2D eigenvalue weighted by atomic mass is 10.2. The maximum atomic E-state index is 11.7. The number of methoxy groups -OCH3 is 1. The quantitative estimate of drug-likeness (QED) is 0.642. The SMILES string of the molecule is COCC(CO)NC(=O)c1ccc(C)[nH]c1=O. The van der Waals surface area contributed by atoms with Gasteiger partial charge in [0.2, 0.25) is 0 Å². The van der Waals surface area contributed by atoms with Gasteiger partial charge in [-0.25, -0.2) is 0 Å². The Morgan fingerprint density at radius 3 is 2.82 bits per heavy atom. The molecule has 0 fully saturated rings. The van der Waals surface area contributed by atoms with E-state index in [1.807, 2.05) is 0 Å². The minimum atomic E-state index is -0.526. The molecule has 17 heavy (non-hydrogen) atoms. The molecule has 0 aromatic carbocycles. The number of carbonyl (C=O) groups is 1. The molecule has 1 amide bonds. The zero-order valence-corrected chi connectivity index (χ0v) is 9.82. The molecule has 0 aliphatic rings. The molecule has 0 saturated heterocycles. The first-order valence-electron chi connectivity index (χ1n) is 5.19. The van der Waals surface area contributed by atoms with Crippen LogP contribution in [-0.2, 0) is 4.74 Å². The molecule has 0 spiro atoms. The summed E-state index contributed by atoms with van der Waals surface area (Å²) in [7, 11) is 1.47. The van der Waals surface area contributed by atoms with Gasteiger partial charge < -0.3 is 20.1 Å². The molecule has 1 aromatic rings. The Morgan fingerprint density at radius 1 is 1.59 bits per heavy atom. The van der Waals surface area contributed by atoms with Crippen molar-refractivity contribution in [1.82, 2.24) is 10.3 Å². The maximum absolute atomic E-state index is 11.7. The number of aliphatic hydroxyl groups is 1. The Hall–Kier alpha value is -1.66. The van der Waals surface area contributed by atoms with Crippen molar-refractivity contribution in [3.05, 3.63) is 33.7 Å². The third-order valence-electron chi connectivity index (χ3n) is 2.22. The van der Waals surface area contributed by atoms with E-state index < -0.39 is 17.5 Å². The molecule has 0 saturated carbocycles. The second kappa shape index (κ2) is 6.17. The van der Waals surface area contributed by atoms with Crippen LogP contribution in [0.3, 0.4) is 0 Å². The molecule has 6 heteroatoms. The van der Waals surface area contributed by atoms with Crippen LogP contribution in [0.2, 0.25) is 0 Å². The molecule has 0 radical (unpaired) electrons. The van der Waals surface area contributed by atoms with Crippen LogP contribution >= 0.6 is 0 Å². The number of aromatic amines is 1. The van der Waals surface area contributed by atoms with E-state index in [1.54, 1.807) is 13.0 Å². The van der Waals surface area contributed by atoms with Gasteiger partial charge in [0.25, 0.3) is 11.5 Å². The van der Waals surface area contributed by atoms with Gasteiger partial charge in [0.15, 0.2) is 0 Å². The summed E-state index contributed by atoms with van der Waals surface area (Å²) in [4.78, 5) is 25.8. The van der Waals surface area contributed by atoms with E-state index in [0.717, 1.165) is 0 Å². The highest BCUT2D eigenvalue weighted by Crippen LogP contribution is 1.95. The van der Waals surface area contributed by atoms with E-state index in [9.17, 15) is 9.59 Å². The second-order valence-electron chi connectivity index (χ2n) is 3.69. The molecule has 0 bridgehead atoms. The van der Waals surface area contributed by atoms with Gasteiger partial charge in [0.1, 0.15) is 5.56 Å².